The summed E-state index contributed by atoms with van der Waals surface area (Å²) >= 11 is 0. The van der Waals surface area contributed by atoms with Gasteiger partial charge in [-0.3, -0.25) is 0 Å². The molecule has 0 aliphatic heterocycles. The summed E-state index contributed by atoms with van der Waals surface area (Å²) in [6.07, 6.45) is 3.46. The zero-order valence-corrected chi connectivity index (χ0v) is 11.6. The molecule has 0 spiro atoms. The Bertz CT molecular complexity index is 712. The molecule has 0 fully saturated rings. The van der Waals surface area contributed by atoms with Gasteiger partial charge in [0.2, 0.25) is 5.88 Å². The van der Waals surface area contributed by atoms with Crippen molar-refractivity contribution in [3.8, 4) is 11.6 Å². The molecule has 1 N–H and O–H groups in total. The van der Waals surface area contributed by atoms with Crippen LogP contribution in [0.15, 0.2) is 54.9 Å². The number of aromatic nitrogens is 4. The van der Waals surface area contributed by atoms with Gasteiger partial charge in [0.05, 0.1) is 43.1 Å². The van der Waals surface area contributed by atoms with Crippen LogP contribution in [-0.2, 0) is 6.54 Å². The Morgan fingerprint density at radius 3 is 2.86 bits per heavy atom. The van der Waals surface area contributed by atoms with Crippen molar-refractivity contribution in [2.24, 2.45) is 0 Å². The fraction of sp³-hybridized carbons (Fsp3) is 0.133. The summed E-state index contributed by atoms with van der Waals surface area (Å²) in [5.41, 5.74) is 2.81. The number of benzene rings is 1. The first-order chi connectivity index (χ1) is 10.4. The minimum Gasteiger partial charge on any atom is -0.481 e. The quantitative estimate of drug-likeness (QED) is 0.777. The summed E-state index contributed by atoms with van der Waals surface area (Å²) in [4.78, 5) is 4.38. The van der Waals surface area contributed by atoms with E-state index in [-0.39, 0.29) is 0 Å². The summed E-state index contributed by atoms with van der Waals surface area (Å²) in [6.45, 7) is 0.600. The number of ether oxygens (including phenoxy) is 1. The van der Waals surface area contributed by atoms with Crippen LogP contribution >= 0.6 is 0 Å². The second-order valence-corrected chi connectivity index (χ2v) is 4.39. The largest absolute Gasteiger partial charge is 0.481 e. The standard InChI is InChI=1S/C15H15N5O/c1-21-15-8-4-5-12(18-15)11-16-13-6-2-3-7-14(13)20-10-9-17-19-20/h2-10,16H,11H2,1H3. The van der Waals surface area contributed by atoms with Gasteiger partial charge in [-0.05, 0) is 18.2 Å². The molecule has 21 heavy (non-hydrogen) atoms. The lowest BCUT2D eigenvalue weighted by Gasteiger charge is -2.11. The first-order valence-corrected chi connectivity index (χ1v) is 6.56. The van der Waals surface area contributed by atoms with E-state index < -0.39 is 0 Å². The van der Waals surface area contributed by atoms with Gasteiger partial charge in [0.25, 0.3) is 0 Å². The van der Waals surface area contributed by atoms with Gasteiger partial charge in [0, 0.05) is 6.07 Å². The molecule has 0 amide bonds. The molecule has 1 aromatic carbocycles. The average Bonchev–Trinajstić information content (AvgIpc) is 3.08. The zero-order valence-electron chi connectivity index (χ0n) is 11.6. The number of nitrogens with zero attached hydrogens (tertiary/aromatic N) is 4. The van der Waals surface area contributed by atoms with Crippen molar-refractivity contribution in [1.29, 1.82) is 0 Å². The molecule has 0 saturated carbocycles. The number of hydrogen-bond acceptors (Lipinski definition) is 5. The highest BCUT2D eigenvalue weighted by atomic mass is 16.5. The van der Waals surface area contributed by atoms with Gasteiger partial charge in [-0.1, -0.05) is 23.4 Å². The van der Waals surface area contributed by atoms with E-state index in [1.165, 1.54) is 0 Å². The van der Waals surface area contributed by atoms with Crippen LogP contribution < -0.4 is 10.1 Å². The SMILES string of the molecule is COc1cccc(CNc2ccccc2-n2ccnn2)n1. The van der Waals surface area contributed by atoms with Gasteiger partial charge in [0.15, 0.2) is 0 Å². The first kappa shape index (κ1) is 13.1. The van der Waals surface area contributed by atoms with Crippen LogP contribution in [0.25, 0.3) is 5.69 Å². The van der Waals surface area contributed by atoms with Crippen LogP contribution in [0.2, 0.25) is 0 Å². The lowest BCUT2D eigenvalue weighted by Crippen LogP contribution is -2.06. The molecule has 2 heterocycles. The molecular formula is C15H15N5O. The van der Waals surface area contributed by atoms with Crippen molar-refractivity contribution in [3.63, 3.8) is 0 Å². The zero-order chi connectivity index (χ0) is 14.5. The molecule has 0 aliphatic carbocycles. The van der Waals surface area contributed by atoms with E-state index in [4.69, 9.17) is 4.74 Å². The van der Waals surface area contributed by atoms with E-state index in [2.05, 4.69) is 20.6 Å². The number of methoxy groups -OCH3 is 1. The molecule has 106 valence electrons. The van der Waals surface area contributed by atoms with Crippen LogP contribution in [0.1, 0.15) is 5.69 Å². The molecule has 0 saturated heterocycles. The van der Waals surface area contributed by atoms with Gasteiger partial charge in [-0.15, -0.1) is 5.10 Å². The first-order valence-electron chi connectivity index (χ1n) is 6.56. The predicted octanol–water partition coefficient (Wildman–Crippen LogP) is 2.28. The number of anilines is 1. The van der Waals surface area contributed by atoms with Crippen molar-refractivity contribution in [2.45, 2.75) is 6.54 Å². The minimum atomic E-state index is 0.600. The summed E-state index contributed by atoms with van der Waals surface area (Å²) in [6, 6.07) is 13.6. The molecule has 3 rings (SSSR count). The number of rotatable bonds is 5. The lowest BCUT2D eigenvalue weighted by molar-refractivity contribution is 0.396. The highest BCUT2D eigenvalue weighted by Crippen LogP contribution is 2.19. The normalized spacial score (nSPS) is 10.3. The maximum Gasteiger partial charge on any atom is 0.213 e. The summed E-state index contributed by atoms with van der Waals surface area (Å²) in [7, 11) is 1.61. The molecule has 0 radical (unpaired) electrons. The van der Waals surface area contributed by atoms with Crippen LogP contribution in [0.4, 0.5) is 5.69 Å². The Morgan fingerprint density at radius 2 is 2.05 bits per heavy atom. The van der Waals surface area contributed by atoms with Crippen LogP contribution in [0.5, 0.6) is 5.88 Å². The van der Waals surface area contributed by atoms with Crippen molar-refractivity contribution in [2.75, 3.05) is 12.4 Å². The third-order valence-corrected chi connectivity index (χ3v) is 3.02. The number of pyridine rings is 1. The Hall–Kier alpha value is -2.89. The third kappa shape index (κ3) is 3.00. The van der Waals surface area contributed by atoms with Gasteiger partial charge < -0.3 is 10.1 Å². The van der Waals surface area contributed by atoms with E-state index in [0.717, 1.165) is 17.1 Å². The molecule has 2 aromatic heterocycles. The van der Waals surface area contributed by atoms with Gasteiger partial charge in [-0.25, -0.2) is 9.67 Å². The monoisotopic (exact) mass is 281 g/mol. The number of nitrogens with one attached hydrogen (secondary N) is 1. The van der Waals surface area contributed by atoms with E-state index in [1.54, 1.807) is 18.0 Å². The third-order valence-electron chi connectivity index (χ3n) is 3.02. The Balaban J connectivity index is 1.79. The average molecular weight is 281 g/mol. The molecule has 3 aromatic rings. The predicted molar refractivity (Wildman–Crippen MR) is 79.5 cm³/mol. The topological polar surface area (TPSA) is 64.9 Å². The second kappa shape index (κ2) is 6.04. The molecule has 0 bridgehead atoms. The fourth-order valence-electron chi connectivity index (χ4n) is 2.02. The van der Waals surface area contributed by atoms with Crippen molar-refractivity contribution < 1.29 is 4.74 Å². The molecule has 0 aliphatic rings. The van der Waals surface area contributed by atoms with E-state index in [1.807, 2.05) is 48.7 Å². The molecule has 6 nitrogen and oxygen atoms in total. The van der Waals surface area contributed by atoms with Crippen molar-refractivity contribution in [3.05, 3.63) is 60.6 Å². The highest BCUT2D eigenvalue weighted by molar-refractivity contribution is 5.60. The van der Waals surface area contributed by atoms with Crippen molar-refractivity contribution >= 4 is 5.69 Å². The highest BCUT2D eigenvalue weighted by Gasteiger charge is 2.05. The Morgan fingerprint density at radius 1 is 1.14 bits per heavy atom. The minimum absolute atomic E-state index is 0.600. The number of hydrogen-bond donors (Lipinski definition) is 1. The fourth-order valence-corrected chi connectivity index (χ4v) is 2.02. The van der Waals surface area contributed by atoms with Gasteiger partial charge in [0.1, 0.15) is 0 Å². The lowest BCUT2D eigenvalue weighted by atomic mass is 10.2. The summed E-state index contributed by atoms with van der Waals surface area (Å²) < 4.78 is 6.85. The maximum absolute atomic E-state index is 5.13. The van der Waals surface area contributed by atoms with E-state index >= 15 is 0 Å². The summed E-state index contributed by atoms with van der Waals surface area (Å²) in [5.74, 6) is 0.610. The maximum atomic E-state index is 5.13. The smallest absolute Gasteiger partial charge is 0.213 e. The number of para-hydroxylation sites is 2. The Kier molecular flexibility index (Phi) is 3.77. The van der Waals surface area contributed by atoms with Crippen LogP contribution in [-0.4, -0.2) is 27.1 Å². The Labute approximate surface area is 122 Å². The van der Waals surface area contributed by atoms with Crippen LogP contribution in [0, 0.1) is 0 Å². The summed E-state index contributed by atoms with van der Waals surface area (Å²) in [5, 5.41) is 11.2. The molecular weight excluding hydrogens is 266 g/mol. The van der Waals surface area contributed by atoms with Gasteiger partial charge >= 0.3 is 0 Å². The van der Waals surface area contributed by atoms with Crippen molar-refractivity contribution in [1.82, 2.24) is 20.0 Å². The second-order valence-electron chi connectivity index (χ2n) is 4.39. The molecule has 0 unspecified atom stereocenters. The van der Waals surface area contributed by atoms with Gasteiger partial charge in [-0.2, -0.15) is 0 Å². The van der Waals surface area contributed by atoms with Crippen LogP contribution in [0.3, 0.4) is 0 Å². The molecule has 0 atom stereocenters. The molecule has 6 heteroatoms. The van der Waals surface area contributed by atoms with E-state index in [0.29, 0.717) is 12.4 Å². The van der Waals surface area contributed by atoms with E-state index in [9.17, 15) is 0 Å².